The molecular formula is C25H25N3O. The molecule has 0 aliphatic heterocycles. The maximum Gasteiger partial charge on any atom is 0.244 e. The quantitative estimate of drug-likeness (QED) is 0.513. The SMILES string of the molecule is Cc1ccc(CCNC(=O)C(C)n2nc(-c3ccccc3)c3ccccc32)cc1. The van der Waals surface area contributed by atoms with Crippen LogP contribution in [0, 0.1) is 6.92 Å². The minimum atomic E-state index is -0.393. The van der Waals surface area contributed by atoms with E-state index in [1.54, 1.807) is 0 Å². The number of para-hydroxylation sites is 1. The summed E-state index contributed by atoms with van der Waals surface area (Å²) in [6.07, 6.45) is 0.813. The van der Waals surface area contributed by atoms with Crippen molar-refractivity contribution in [1.82, 2.24) is 15.1 Å². The summed E-state index contributed by atoms with van der Waals surface area (Å²) in [5, 5.41) is 8.92. The Morgan fingerprint density at radius 1 is 0.966 bits per heavy atom. The van der Waals surface area contributed by atoms with Gasteiger partial charge in [0, 0.05) is 17.5 Å². The zero-order valence-corrected chi connectivity index (χ0v) is 16.8. The van der Waals surface area contributed by atoms with Crippen LogP contribution in [0.4, 0.5) is 0 Å². The van der Waals surface area contributed by atoms with Crippen LogP contribution in [0.25, 0.3) is 22.2 Å². The number of nitrogens with zero attached hydrogens (tertiary/aromatic N) is 2. The molecular weight excluding hydrogens is 358 g/mol. The van der Waals surface area contributed by atoms with Crippen LogP contribution in [0.1, 0.15) is 24.1 Å². The van der Waals surface area contributed by atoms with E-state index in [-0.39, 0.29) is 5.91 Å². The third kappa shape index (κ3) is 4.06. The molecule has 1 N–H and O–H groups in total. The van der Waals surface area contributed by atoms with E-state index >= 15 is 0 Å². The molecule has 0 bridgehead atoms. The molecule has 146 valence electrons. The van der Waals surface area contributed by atoms with Crippen LogP contribution in [0.2, 0.25) is 0 Å². The van der Waals surface area contributed by atoms with Gasteiger partial charge in [0.15, 0.2) is 0 Å². The van der Waals surface area contributed by atoms with Crippen molar-refractivity contribution < 1.29 is 4.79 Å². The second-order valence-electron chi connectivity index (χ2n) is 7.38. The third-order valence-corrected chi connectivity index (χ3v) is 5.24. The summed E-state index contributed by atoms with van der Waals surface area (Å²) in [6, 6.07) is 26.2. The van der Waals surface area contributed by atoms with Gasteiger partial charge in [-0.2, -0.15) is 5.10 Å². The Bertz CT molecular complexity index is 1110. The van der Waals surface area contributed by atoms with Crippen LogP contribution in [0.5, 0.6) is 0 Å². The fourth-order valence-corrected chi connectivity index (χ4v) is 3.54. The van der Waals surface area contributed by atoms with Crippen molar-refractivity contribution in [2.24, 2.45) is 0 Å². The second-order valence-corrected chi connectivity index (χ2v) is 7.38. The topological polar surface area (TPSA) is 46.9 Å². The molecule has 0 aliphatic rings. The van der Waals surface area contributed by atoms with Crippen molar-refractivity contribution in [2.75, 3.05) is 6.54 Å². The molecule has 1 amide bonds. The molecule has 1 heterocycles. The third-order valence-electron chi connectivity index (χ3n) is 5.24. The highest BCUT2D eigenvalue weighted by Crippen LogP contribution is 2.29. The van der Waals surface area contributed by atoms with E-state index in [4.69, 9.17) is 5.10 Å². The molecule has 4 rings (SSSR count). The number of amides is 1. The normalized spacial score (nSPS) is 12.1. The lowest BCUT2D eigenvalue weighted by atomic mass is 10.1. The van der Waals surface area contributed by atoms with Gasteiger partial charge in [0.2, 0.25) is 5.91 Å². The summed E-state index contributed by atoms with van der Waals surface area (Å²) >= 11 is 0. The molecule has 0 aliphatic carbocycles. The molecule has 0 saturated heterocycles. The van der Waals surface area contributed by atoms with Crippen LogP contribution in [-0.4, -0.2) is 22.2 Å². The number of benzene rings is 3. The number of hydrogen-bond acceptors (Lipinski definition) is 2. The minimum Gasteiger partial charge on any atom is -0.354 e. The number of rotatable bonds is 6. The van der Waals surface area contributed by atoms with E-state index in [0.29, 0.717) is 6.54 Å². The Labute approximate surface area is 171 Å². The van der Waals surface area contributed by atoms with Gasteiger partial charge in [-0.15, -0.1) is 0 Å². The Balaban J connectivity index is 1.53. The zero-order valence-electron chi connectivity index (χ0n) is 16.8. The molecule has 1 aromatic heterocycles. The van der Waals surface area contributed by atoms with Crippen molar-refractivity contribution in [2.45, 2.75) is 26.3 Å². The fourth-order valence-electron chi connectivity index (χ4n) is 3.54. The zero-order chi connectivity index (χ0) is 20.2. The molecule has 1 unspecified atom stereocenters. The highest BCUT2D eigenvalue weighted by molar-refractivity contribution is 5.94. The number of nitrogens with one attached hydrogen (secondary N) is 1. The highest BCUT2D eigenvalue weighted by atomic mass is 16.2. The molecule has 4 aromatic rings. The fraction of sp³-hybridized carbons (Fsp3) is 0.200. The van der Waals surface area contributed by atoms with Crippen LogP contribution < -0.4 is 5.32 Å². The van der Waals surface area contributed by atoms with Gasteiger partial charge in [0.25, 0.3) is 0 Å². The number of carbonyl (C=O) groups is 1. The van der Waals surface area contributed by atoms with Crippen molar-refractivity contribution >= 4 is 16.8 Å². The molecule has 0 fully saturated rings. The molecule has 29 heavy (non-hydrogen) atoms. The first-order valence-electron chi connectivity index (χ1n) is 9.99. The number of carbonyl (C=O) groups excluding carboxylic acids is 1. The lowest BCUT2D eigenvalue weighted by Gasteiger charge is -2.14. The summed E-state index contributed by atoms with van der Waals surface area (Å²) in [7, 11) is 0. The number of fused-ring (bicyclic) bond motifs is 1. The Morgan fingerprint density at radius 2 is 1.66 bits per heavy atom. The minimum absolute atomic E-state index is 0.0232. The van der Waals surface area contributed by atoms with Crippen LogP contribution in [0.3, 0.4) is 0 Å². The van der Waals surface area contributed by atoms with E-state index < -0.39 is 6.04 Å². The van der Waals surface area contributed by atoms with Crippen molar-refractivity contribution in [3.63, 3.8) is 0 Å². The van der Waals surface area contributed by atoms with Crippen LogP contribution in [0.15, 0.2) is 78.9 Å². The Morgan fingerprint density at radius 3 is 2.41 bits per heavy atom. The first-order valence-corrected chi connectivity index (χ1v) is 9.99. The summed E-state index contributed by atoms with van der Waals surface area (Å²) in [4.78, 5) is 12.8. The first-order chi connectivity index (χ1) is 14.1. The van der Waals surface area contributed by atoms with Crippen molar-refractivity contribution in [3.8, 4) is 11.3 Å². The lowest BCUT2D eigenvalue weighted by Crippen LogP contribution is -2.32. The lowest BCUT2D eigenvalue weighted by molar-refractivity contribution is -0.123. The standard InChI is InChI=1S/C25H25N3O/c1-18-12-14-20(15-13-18)16-17-26-25(29)19(2)28-23-11-7-6-10-22(23)24(27-28)21-8-4-3-5-9-21/h3-15,19H,16-17H2,1-2H3,(H,26,29). The van der Waals surface area contributed by atoms with Crippen molar-refractivity contribution in [3.05, 3.63) is 90.0 Å². The van der Waals surface area contributed by atoms with Gasteiger partial charge in [0.1, 0.15) is 11.7 Å². The average Bonchev–Trinajstić information content (AvgIpc) is 3.15. The smallest absolute Gasteiger partial charge is 0.244 e. The van der Waals surface area contributed by atoms with E-state index in [1.165, 1.54) is 11.1 Å². The van der Waals surface area contributed by atoms with Gasteiger partial charge < -0.3 is 5.32 Å². The monoisotopic (exact) mass is 383 g/mol. The van der Waals surface area contributed by atoms with Gasteiger partial charge in [-0.05, 0) is 31.9 Å². The summed E-state index contributed by atoms with van der Waals surface area (Å²) < 4.78 is 1.83. The van der Waals surface area contributed by atoms with Gasteiger partial charge in [-0.1, -0.05) is 78.4 Å². The Kier molecular flexibility index (Phi) is 5.43. The largest absolute Gasteiger partial charge is 0.354 e. The summed E-state index contributed by atoms with van der Waals surface area (Å²) in [5.74, 6) is -0.0232. The van der Waals surface area contributed by atoms with Gasteiger partial charge in [0.05, 0.1) is 5.52 Å². The Hall–Kier alpha value is -3.40. The van der Waals surface area contributed by atoms with Crippen LogP contribution in [-0.2, 0) is 11.2 Å². The van der Waals surface area contributed by atoms with E-state index in [0.717, 1.165) is 28.6 Å². The van der Waals surface area contributed by atoms with Gasteiger partial charge in [-0.3, -0.25) is 9.48 Å². The van der Waals surface area contributed by atoms with Crippen molar-refractivity contribution in [1.29, 1.82) is 0 Å². The molecule has 0 spiro atoms. The average molecular weight is 383 g/mol. The van der Waals surface area contributed by atoms with Crippen LogP contribution >= 0.6 is 0 Å². The molecule has 4 heteroatoms. The molecule has 4 nitrogen and oxygen atoms in total. The first kappa shape index (κ1) is 18.9. The van der Waals surface area contributed by atoms with Gasteiger partial charge >= 0.3 is 0 Å². The number of aromatic nitrogens is 2. The summed E-state index contributed by atoms with van der Waals surface area (Å²) in [6.45, 7) is 4.58. The molecule has 0 radical (unpaired) electrons. The molecule has 1 atom stereocenters. The second kappa shape index (κ2) is 8.31. The molecule has 0 saturated carbocycles. The predicted octanol–water partition coefficient (Wildman–Crippen LogP) is 4.93. The molecule has 3 aromatic carbocycles. The van der Waals surface area contributed by atoms with E-state index in [9.17, 15) is 4.79 Å². The highest BCUT2D eigenvalue weighted by Gasteiger charge is 2.20. The van der Waals surface area contributed by atoms with E-state index in [1.807, 2.05) is 60.1 Å². The van der Waals surface area contributed by atoms with E-state index in [2.05, 4.69) is 42.6 Å². The summed E-state index contributed by atoms with van der Waals surface area (Å²) in [5.41, 5.74) is 5.38. The maximum atomic E-state index is 12.8. The predicted molar refractivity (Wildman–Crippen MR) is 118 cm³/mol. The number of aryl methyl sites for hydroxylation is 1. The number of hydrogen-bond donors (Lipinski definition) is 1. The maximum absolute atomic E-state index is 12.8. The van der Waals surface area contributed by atoms with Gasteiger partial charge in [-0.25, -0.2) is 0 Å².